The second-order valence-electron chi connectivity index (χ2n) is 10.6. The number of nitrogens with one attached hydrogen (secondary N) is 2. The number of aromatic nitrogens is 3. The average molecular weight is 577 g/mol. The van der Waals surface area contributed by atoms with Gasteiger partial charge in [-0.3, -0.25) is 14.9 Å². The van der Waals surface area contributed by atoms with Crippen LogP contribution in [-0.4, -0.2) is 52.5 Å². The van der Waals surface area contributed by atoms with Crippen LogP contribution in [0.25, 0.3) is 16.8 Å². The number of hydrogen-bond acceptors (Lipinski definition) is 7. The molecule has 12 heteroatoms. The fourth-order valence-corrected chi connectivity index (χ4v) is 4.12. The van der Waals surface area contributed by atoms with E-state index < -0.39 is 41.4 Å². The van der Waals surface area contributed by atoms with Gasteiger partial charge < -0.3 is 15.0 Å². The second kappa shape index (κ2) is 12.2. The Morgan fingerprint density at radius 2 is 1.67 bits per heavy atom. The molecule has 218 valence electrons. The summed E-state index contributed by atoms with van der Waals surface area (Å²) in [5.41, 5.74) is 0.842. The van der Waals surface area contributed by atoms with Gasteiger partial charge in [0.1, 0.15) is 5.60 Å². The summed E-state index contributed by atoms with van der Waals surface area (Å²) in [4.78, 5) is 40.4. The van der Waals surface area contributed by atoms with Crippen LogP contribution in [-0.2, 0) is 9.53 Å². The molecule has 4 rings (SSSR count). The number of nitrogens with zero attached hydrogens (tertiary/aromatic N) is 4. The Hall–Kier alpha value is -5.13. The SMILES string of the molecule is CN(C)c1cc(NC(=O)OC(C)(C)C)c(NC(=O)CC(=O)c2cccc(-n3ccnn3)c2)cc1-c1cccc(F)c1F. The van der Waals surface area contributed by atoms with Crippen molar-refractivity contribution in [3.63, 3.8) is 0 Å². The van der Waals surface area contributed by atoms with E-state index in [0.717, 1.165) is 6.07 Å². The third kappa shape index (κ3) is 7.14. The molecule has 1 aromatic heterocycles. The van der Waals surface area contributed by atoms with E-state index in [-0.39, 0.29) is 28.1 Å². The largest absolute Gasteiger partial charge is 0.444 e. The highest BCUT2D eigenvalue weighted by Gasteiger charge is 2.23. The van der Waals surface area contributed by atoms with Crippen LogP contribution in [0.5, 0.6) is 0 Å². The van der Waals surface area contributed by atoms with Gasteiger partial charge in [-0.1, -0.05) is 29.5 Å². The molecule has 10 nitrogen and oxygen atoms in total. The molecule has 0 spiro atoms. The number of ether oxygens (including phenoxy) is 1. The summed E-state index contributed by atoms with van der Waals surface area (Å²) < 4.78 is 35.9. The first-order valence-corrected chi connectivity index (χ1v) is 12.9. The number of hydrogen-bond donors (Lipinski definition) is 2. The van der Waals surface area contributed by atoms with Gasteiger partial charge in [0.15, 0.2) is 17.4 Å². The van der Waals surface area contributed by atoms with Gasteiger partial charge in [0.2, 0.25) is 5.91 Å². The lowest BCUT2D eigenvalue weighted by Crippen LogP contribution is -2.28. The number of benzene rings is 3. The fourth-order valence-electron chi connectivity index (χ4n) is 4.12. The summed E-state index contributed by atoms with van der Waals surface area (Å²) in [6, 6.07) is 13.2. The van der Waals surface area contributed by atoms with Crippen molar-refractivity contribution in [1.29, 1.82) is 0 Å². The van der Waals surface area contributed by atoms with Gasteiger partial charge in [0.25, 0.3) is 0 Å². The fraction of sp³-hybridized carbons (Fsp3) is 0.233. The lowest BCUT2D eigenvalue weighted by Gasteiger charge is -2.24. The zero-order valence-electron chi connectivity index (χ0n) is 23.7. The summed E-state index contributed by atoms with van der Waals surface area (Å²) in [6.07, 6.45) is 1.78. The highest BCUT2D eigenvalue weighted by molar-refractivity contribution is 6.12. The Balaban J connectivity index is 1.68. The third-order valence-electron chi connectivity index (χ3n) is 5.95. The van der Waals surface area contributed by atoms with Crippen LogP contribution in [0, 0.1) is 11.6 Å². The summed E-state index contributed by atoms with van der Waals surface area (Å²) in [5, 5.41) is 12.9. The van der Waals surface area contributed by atoms with Crippen LogP contribution >= 0.6 is 0 Å². The predicted molar refractivity (Wildman–Crippen MR) is 155 cm³/mol. The molecule has 2 amide bonds. The number of carbonyl (C=O) groups excluding carboxylic acids is 3. The first-order chi connectivity index (χ1) is 19.8. The monoisotopic (exact) mass is 576 g/mol. The number of ketones is 1. The topological polar surface area (TPSA) is 118 Å². The van der Waals surface area contributed by atoms with Gasteiger partial charge in [0, 0.05) is 36.5 Å². The van der Waals surface area contributed by atoms with Crippen molar-refractivity contribution in [2.75, 3.05) is 29.6 Å². The Kier molecular flexibility index (Phi) is 8.65. The molecular formula is C30H30F2N6O4. The number of Topliss-reactive ketones (excluding diaryl/α,β-unsaturated/α-hetero) is 1. The molecule has 0 unspecified atom stereocenters. The van der Waals surface area contributed by atoms with Crippen LogP contribution in [0.3, 0.4) is 0 Å². The van der Waals surface area contributed by atoms with Crippen molar-refractivity contribution in [3.8, 4) is 16.8 Å². The van der Waals surface area contributed by atoms with Crippen LogP contribution < -0.4 is 15.5 Å². The summed E-state index contributed by atoms with van der Waals surface area (Å²) in [5.74, 6) is -3.29. The van der Waals surface area contributed by atoms with Gasteiger partial charge in [-0.2, -0.15) is 0 Å². The van der Waals surface area contributed by atoms with Crippen LogP contribution in [0.2, 0.25) is 0 Å². The lowest BCUT2D eigenvalue weighted by atomic mass is 10.00. The summed E-state index contributed by atoms with van der Waals surface area (Å²) in [6.45, 7) is 5.08. The maximum Gasteiger partial charge on any atom is 0.412 e. The van der Waals surface area contributed by atoms with E-state index in [0.29, 0.717) is 11.4 Å². The highest BCUT2D eigenvalue weighted by Crippen LogP contribution is 2.39. The second-order valence-corrected chi connectivity index (χ2v) is 10.6. The Labute approximate surface area is 241 Å². The Morgan fingerprint density at radius 1 is 0.952 bits per heavy atom. The van der Waals surface area contributed by atoms with Crippen molar-refractivity contribution >= 4 is 34.8 Å². The highest BCUT2D eigenvalue weighted by atomic mass is 19.2. The molecule has 0 saturated heterocycles. The maximum atomic E-state index is 14.9. The molecule has 0 aliphatic heterocycles. The molecule has 42 heavy (non-hydrogen) atoms. The summed E-state index contributed by atoms with van der Waals surface area (Å²) in [7, 11) is 3.38. The molecule has 4 aromatic rings. The first-order valence-electron chi connectivity index (χ1n) is 12.9. The zero-order valence-corrected chi connectivity index (χ0v) is 23.7. The molecule has 1 heterocycles. The molecule has 0 aliphatic rings. The molecule has 0 aliphatic carbocycles. The van der Waals surface area contributed by atoms with Gasteiger partial charge >= 0.3 is 6.09 Å². The minimum Gasteiger partial charge on any atom is -0.444 e. The maximum absolute atomic E-state index is 14.9. The molecule has 0 bridgehead atoms. The van der Waals surface area contributed by atoms with Crippen molar-refractivity contribution < 1.29 is 27.9 Å². The molecule has 3 aromatic carbocycles. The quantitative estimate of drug-likeness (QED) is 0.200. The summed E-state index contributed by atoms with van der Waals surface area (Å²) >= 11 is 0. The zero-order chi connectivity index (χ0) is 30.6. The molecule has 0 radical (unpaired) electrons. The van der Waals surface area contributed by atoms with Crippen molar-refractivity contribution in [2.45, 2.75) is 32.8 Å². The Morgan fingerprint density at radius 3 is 2.33 bits per heavy atom. The van der Waals surface area contributed by atoms with E-state index in [1.165, 1.54) is 35.1 Å². The number of halogens is 2. The smallest absolute Gasteiger partial charge is 0.412 e. The number of amides is 2. The van der Waals surface area contributed by atoms with Gasteiger partial charge in [-0.25, -0.2) is 18.3 Å². The van der Waals surface area contributed by atoms with Crippen LogP contribution in [0.1, 0.15) is 37.6 Å². The van der Waals surface area contributed by atoms with E-state index in [1.807, 2.05) is 0 Å². The first kappa shape index (κ1) is 29.8. The van der Waals surface area contributed by atoms with Crippen LogP contribution in [0.4, 0.5) is 30.6 Å². The predicted octanol–water partition coefficient (Wildman–Crippen LogP) is 5.84. The number of anilines is 3. The van der Waals surface area contributed by atoms with Crippen LogP contribution in [0.15, 0.2) is 67.0 Å². The average Bonchev–Trinajstić information content (AvgIpc) is 3.45. The van der Waals surface area contributed by atoms with Gasteiger partial charge in [-0.15, -0.1) is 5.10 Å². The molecule has 0 fully saturated rings. The van der Waals surface area contributed by atoms with Crippen molar-refractivity contribution in [1.82, 2.24) is 15.0 Å². The normalized spacial score (nSPS) is 11.1. The minimum atomic E-state index is -1.08. The standard InChI is InChI=1S/C30H30F2N6O4/c1-30(2,3)42-29(41)35-24-16-25(37(4)5)21(20-10-7-11-22(31)28(20)32)15-23(24)34-27(40)17-26(39)18-8-6-9-19(14-18)38-13-12-33-36-38/h6-16H,17H2,1-5H3,(H,34,40)(H,35,41). The van der Waals surface area contributed by atoms with E-state index in [9.17, 15) is 23.2 Å². The minimum absolute atomic E-state index is 0.0549. The number of carbonyl (C=O) groups is 3. The van der Waals surface area contributed by atoms with E-state index in [1.54, 1.807) is 70.2 Å². The van der Waals surface area contributed by atoms with E-state index in [4.69, 9.17) is 4.74 Å². The van der Waals surface area contributed by atoms with E-state index >= 15 is 0 Å². The molecular weight excluding hydrogens is 546 g/mol. The Bertz CT molecular complexity index is 1630. The number of rotatable bonds is 8. The molecule has 2 N–H and O–H groups in total. The van der Waals surface area contributed by atoms with Gasteiger partial charge in [-0.05, 0) is 51.1 Å². The molecule has 0 saturated carbocycles. The van der Waals surface area contributed by atoms with Crippen molar-refractivity contribution in [2.24, 2.45) is 0 Å². The van der Waals surface area contributed by atoms with Crippen molar-refractivity contribution in [3.05, 3.63) is 84.2 Å². The van der Waals surface area contributed by atoms with E-state index in [2.05, 4.69) is 20.9 Å². The third-order valence-corrected chi connectivity index (χ3v) is 5.95. The lowest BCUT2D eigenvalue weighted by molar-refractivity contribution is -0.115. The molecule has 0 atom stereocenters. The van der Waals surface area contributed by atoms with Gasteiger partial charge in [0.05, 0.1) is 35.9 Å².